The van der Waals surface area contributed by atoms with Gasteiger partial charge in [-0.1, -0.05) is 30.4 Å². The van der Waals surface area contributed by atoms with Crippen LogP contribution in [0.4, 0.5) is 0 Å². The Hall–Kier alpha value is -3.24. The van der Waals surface area contributed by atoms with Crippen LogP contribution in [-0.2, 0) is 13.1 Å². The number of methoxy groups -OCH3 is 1. The summed E-state index contributed by atoms with van der Waals surface area (Å²) >= 11 is 0. The quantitative estimate of drug-likeness (QED) is 0.657. The molecule has 4 rings (SSSR count). The number of ether oxygens (including phenoxy) is 1. The Labute approximate surface area is 166 Å². The second-order valence-electron chi connectivity index (χ2n) is 6.70. The van der Waals surface area contributed by atoms with Gasteiger partial charge in [0.1, 0.15) is 5.75 Å². The van der Waals surface area contributed by atoms with Crippen molar-refractivity contribution < 1.29 is 6.16 Å². The number of pyridine rings is 2. The highest BCUT2D eigenvalue weighted by Crippen LogP contribution is 2.27. The fourth-order valence-corrected chi connectivity index (χ4v) is 3.28. The van der Waals surface area contributed by atoms with E-state index in [-0.39, 0.29) is 1.43 Å². The minimum Gasteiger partial charge on any atom is -0.497 e. The molecule has 142 valence electrons. The van der Waals surface area contributed by atoms with Crippen LogP contribution in [0.15, 0.2) is 79.2 Å². The molecule has 0 spiro atoms. The van der Waals surface area contributed by atoms with Gasteiger partial charge >= 0.3 is 0 Å². The van der Waals surface area contributed by atoms with Crippen molar-refractivity contribution in [2.24, 2.45) is 0 Å². The van der Waals surface area contributed by atoms with Gasteiger partial charge in [0.05, 0.1) is 18.3 Å². The molecule has 28 heavy (non-hydrogen) atoms. The maximum Gasteiger partial charge on any atom is 0.121 e. The molecule has 4 heteroatoms. The molecule has 0 radical (unpaired) electrons. The molecule has 3 aromatic rings. The monoisotopic (exact) mass is 371 g/mol. The Balaban J connectivity index is 0.00000240. The minimum absolute atomic E-state index is 0. The van der Waals surface area contributed by atoms with Crippen molar-refractivity contribution in [3.05, 3.63) is 96.0 Å². The molecule has 0 unspecified atom stereocenters. The van der Waals surface area contributed by atoms with Gasteiger partial charge in [0.15, 0.2) is 0 Å². The van der Waals surface area contributed by atoms with E-state index in [2.05, 4.69) is 52.8 Å². The summed E-state index contributed by atoms with van der Waals surface area (Å²) in [5, 5.41) is 4.65. The zero-order valence-electron chi connectivity index (χ0n) is 15.9. The predicted molar refractivity (Wildman–Crippen MR) is 116 cm³/mol. The summed E-state index contributed by atoms with van der Waals surface area (Å²) in [7, 11) is 1.68. The van der Waals surface area contributed by atoms with Crippen molar-refractivity contribution in [2.75, 3.05) is 7.11 Å². The fourth-order valence-electron chi connectivity index (χ4n) is 3.28. The summed E-state index contributed by atoms with van der Waals surface area (Å²) in [4.78, 5) is 9.07. The van der Waals surface area contributed by atoms with Crippen LogP contribution in [0.5, 0.6) is 5.75 Å². The van der Waals surface area contributed by atoms with E-state index in [0.29, 0.717) is 0 Å². The summed E-state index contributed by atoms with van der Waals surface area (Å²) in [5.74, 6) is 0.819. The molecular weight excluding hydrogens is 346 g/mol. The van der Waals surface area contributed by atoms with Gasteiger partial charge in [-0.2, -0.15) is 0 Å². The molecule has 0 bridgehead atoms. The SMILES string of the molecule is COc1ccc2cc(CNCc3ccncc3)c(C3=CC=CCC=C3)nc2c1.[HH]. The van der Waals surface area contributed by atoms with Gasteiger partial charge in [-0.25, -0.2) is 4.98 Å². The van der Waals surface area contributed by atoms with Crippen molar-refractivity contribution >= 4 is 16.5 Å². The Morgan fingerprint density at radius 3 is 2.82 bits per heavy atom. The maximum atomic E-state index is 5.37. The molecule has 2 aromatic heterocycles. The number of nitrogens with one attached hydrogen (secondary N) is 1. The molecule has 4 nitrogen and oxygen atoms in total. The third-order valence-electron chi connectivity index (χ3n) is 4.75. The molecule has 0 saturated carbocycles. The van der Waals surface area contributed by atoms with Crippen molar-refractivity contribution in [3.8, 4) is 5.75 Å². The normalized spacial score (nSPS) is 13.4. The first-order valence-corrected chi connectivity index (χ1v) is 9.44. The molecule has 0 atom stereocenters. The van der Waals surface area contributed by atoms with Crippen molar-refractivity contribution in [1.29, 1.82) is 0 Å². The van der Waals surface area contributed by atoms with Crippen LogP contribution in [0, 0.1) is 0 Å². The van der Waals surface area contributed by atoms with Crippen LogP contribution < -0.4 is 10.1 Å². The van der Waals surface area contributed by atoms with E-state index in [1.54, 1.807) is 7.11 Å². The second-order valence-corrected chi connectivity index (χ2v) is 6.70. The van der Waals surface area contributed by atoms with Crippen molar-refractivity contribution in [1.82, 2.24) is 15.3 Å². The average Bonchev–Trinajstić information content (AvgIpc) is 3.03. The molecule has 1 aliphatic rings. The van der Waals surface area contributed by atoms with Crippen LogP contribution in [0.2, 0.25) is 0 Å². The van der Waals surface area contributed by atoms with E-state index in [1.807, 2.05) is 36.7 Å². The van der Waals surface area contributed by atoms with E-state index in [4.69, 9.17) is 9.72 Å². The highest BCUT2D eigenvalue weighted by Gasteiger charge is 2.11. The molecule has 0 fully saturated rings. The standard InChI is InChI=1S/C24H23N3O.H2/c1-28-22-9-8-20-14-21(17-26-16-18-10-12-25-13-11-18)24(27-23(20)15-22)19-6-4-2-3-5-7-19;/h2,4-15,26H,3,16-17H2,1H3;1H. The Kier molecular flexibility index (Phi) is 5.59. The second kappa shape index (κ2) is 8.63. The lowest BCUT2D eigenvalue weighted by molar-refractivity contribution is 0.415. The highest BCUT2D eigenvalue weighted by atomic mass is 16.5. The predicted octanol–water partition coefficient (Wildman–Crippen LogP) is 5.07. The lowest BCUT2D eigenvalue weighted by Gasteiger charge is -2.13. The summed E-state index contributed by atoms with van der Waals surface area (Å²) in [6.07, 6.45) is 15.3. The molecule has 0 saturated heterocycles. The molecule has 1 aliphatic carbocycles. The van der Waals surface area contributed by atoms with Crippen LogP contribution in [0.1, 0.15) is 24.7 Å². The summed E-state index contributed by atoms with van der Waals surface area (Å²) in [6, 6.07) is 12.3. The van der Waals surface area contributed by atoms with E-state index in [9.17, 15) is 0 Å². The average molecular weight is 371 g/mol. The zero-order chi connectivity index (χ0) is 19.2. The van der Waals surface area contributed by atoms with E-state index < -0.39 is 0 Å². The third kappa shape index (κ3) is 4.18. The van der Waals surface area contributed by atoms with Crippen molar-refractivity contribution in [3.63, 3.8) is 0 Å². The zero-order valence-corrected chi connectivity index (χ0v) is 15.9. The first-order chi connectivity index (χ1) is 13.8. The van der Waals surface area contributed by atoms with E-state index in [0.717, 1.165) is 47.4 Å². The number of benzene rings is 1. The van der Waals surface area contributed by atoms with Gasteiger partial charge in [-0.3, -0.25) is 4.98 Å². The van der Waals surface area contributed by atoms with E-state index >= 15 is 0 Å². The van der Waals surface area contributed by atoms with Crippen LogP contribution in [0.3, 0.4) is 0 Å². The van der Waals surface area contributed by atoms with Crippen LogP contribution in [-0.4, -0.2) is 17.1 Å². The number of hydrogen-bond donors (Lipinski definition) is 1. The number of hydrogen-bond acceptors (Lipinski definition) is 4. The molecule has 0 aliphatic heterocycles. The Morgan fingerprint density at radius 1 is 1.07 bits per heavy atom. The first-order valence-electron chi connectivity index (χ1n) is 9.44. The lowest BCUT2D eigenvalue weighted by atomic mass is 10.0. The maximum absolute atomic E-state index is 5.37. The Bertz CT molecular complexity index is 1060. The molecule has 0 amide bonds. The highest BCUT2D eigenvalue weighted by molar-refractivity contribution is 5.85. The van der Waals surface area contributed by atoms with E-state index in [1.165, 1.54) is 11.1 Å². The van der Waals surface area contributed by atoms with Crippen LogP contribution >= 0.6 is 0 Å². The third-order valence-corrected chi connectivity index (χ3v) is 4.75. The van der Waals surface area contributed by atoms with Crippen LogP contribution in [0.25, 0.3) is 16.5 Å². The topological polar surface area (TPSA) is 47.0 Å². The Morgan fingerprint density at radius 2 is 1.96 bits per heavy atom. The summed E-state index contributed by atoms with van der Waals surface area (Å²) in [5.41, 5.74) is 5.46. The minimum atomic E-state index is 0. The van der Waals surface area contributed by atoms with Gasteiger partial charge in [-0.05, 0) is 47.9 Å². The molecular formula is C24H25N3O. The van der Waals surface area contributed by atoms with Gasteiger partial charge in [0.2, 0.25) is 0 Å². The molecule has 1 aromatic carbocycles. The number of rotatable bonds is 6. The molecule has 1 N–H and O–H groups in total. The van der Waals surface area contributed by atoms with Crippen molar-refractivity contribution in [2.45, 2.75) is 19.5 Å². The fraction of sp³-hybridized carbons (Fsp3) is 0.167. The summed E-state index contributed by atoms with van der Waals surface area (Å²) < 4.78 is 5.37. The van der Waals surface area contributed by atoms with Gasteiger partial charge in [-0.15, -0.1) is 0 Å². The smallest absolute Gasteiger partial charge is 0.121 e. The van der Waals surface area contributed by atoms with Gasteiger partial charge < -0.3 is 10.1 Å². The number of fused-ring (bicyclic) bond motifs is 1. The molecule has 2 heterocycles. The van der Waals surface area contributed by atoms with Gasteiger partial charge in [0, 0.05) is 43.9 Å². The first kappa shape index (κ1) is 18.1. The largest absolute Gasteiger partial charge is 0.497 e. The summed E-state index contributed by atoms with van der Waals surface area (Å²) in [6.45, 7) is 1.53. The number of allylic oxidation sites excluding steroid dienone is 6. The number of nitrogens with zero attached hydrogens (tertiary/aromatic N) is 2. The lowest BCUT2D eigenvalue weighted by Crippen LogP contribution is -2.14. The number of aromatic nitrogens is 2. The van der Waals surface area contributed by atoms with Gasteiger partial charge in [0.25, 0.3) is 0 Å².